The number of carbonyl (C=O) groups excluding carboxylic acids is 2. The fourth-order valence-electron chi connectivity index (χ4n) is 4.55. The summed E-state index contributed by atoms with van der Waals surface area (Å²) in [7, 11) is 1.56. The lowest BCUT2D eigenvalue weighted by molar-refractivity contribution is -0.137. The predicted molar refractivity (Wildman–Crippen MR) is 141 cm³/mol. The Morgan fingerprint density at radius 3 is 2.33 bits per heavy atom. The number of alkyl halides is 3. The van der Waals surface area contributed by atoms with Gasteiger partial charge in [0.2, 0.25) is 5.91 Å². The van der Waals surface area contributed by atoms with Crippen molar-refractivity contribution in [3.8, 4) is 6.07 Å². The molecule has 0 spiro atoms. The van der Waals surface area contributed by atoms with Crippen LogP contribution in [-0.2, 0) is 24.1 Å². The number of nitrogens with one attached hydrogen (secondary N) is 2. The van der Waals surface area contributed by atoms with Crippen molar-refractivity contribution in [3.05, 3.63) is 112 Å². The first-order valence-corrected chi connectivity index (χ1v) is 12.4. The number of hydrogen-bond donors (Lipinski definition) is 2. The number of benzene rings is 3. The van der Waals surface area contributed by atoms with Gasteiger partial charge in [0.15, 0.2) is 0 Å². The molecule has 0 bridgehead atoms. The Morgan fingerprint density at radius 2 is 1.69 bits per heavy atom. The van der Waals surface area contributed by atoms with Crippen molar-refractivity contribution in [2.24, 2.45) is 0 Å². The first-order chi connectivity index (χ1) is 18.7. The number of nitriles is 1. The number of rotatable bonds is 7. The Morgan fingerprint density at radius 1 is 0.974 bits per heavy atom. The monoisotopic (exact) mass is 532 g/mol. The SMILES string of the molecule is CNC(=O)c1ccc(C2=C(C(=O)NCc3ccc(C(F)(F)F)cc3)CN(Cc3cccc(C#N)c3)CC2)cc1. The maximum Gasteiger partial charge on any atom is 0.416 e. The third-order valence-corrected chi connectivity index (χ3v) is 6.62. The van der Waals surface area contributed by atoms with Gasteiger partial charge in [0, 0.05) is 44.4 Å². The Labute approximate surface area is 224 Å². The summed E-state index contributed by atoms with van der Waals surface area (Å²) in [6.45, 7) is 1.66. The van der Waals surface area contributed by atoms with E-state index in [1.54, 1.807) is 25.2 Å². The molecule has 0 radical (unpaired) electrons. The summed E-state index contributed by atoms with van der Waals surface area (Å²) < 4.78 is 38.7. The molecule has 3 aromatic rings. The van der Waals surface area contributed by atoms with Gasteiger partial charge in [-0.3, -0.25) is 14.5 Å². The van der Waals surface area contributed by atoms with Crippen molar-refractivity contribution in [1.82, 2.24) is 15.5 Å². The number of nitrogens with zero attached hydrogens (tertiary/aromatic N) is 2. The summed E-state index contributed by atoms with van der Waals surface area (Å²) in [6.07, 6.45) is -3.84. The Bertz CT molecular complexity index is 1420. The van der Waals surface area contributed by atoms with Gasteiger partial charge in [-0.25, -0.2) is 0 Å². The second-order valence-electron chi connectivity index (χ2n) is 9.26. The number of halogens is 3. The number of carbonyl (C=O) groups is 2. The number of hydrogen-bond acceptors (Lipinski definition) is 4. The van der Waals surface area contributed by atoms with Gasteiger partial charge < -0.3 is 10.6 Å². The summed E-state index contributed by atoms with van der Waals surface area (Å²) in [5.74, 6) is -0.518. The highest BCUT2D eigenvalue weighted by molar-refractivity contribution is 6.02. The van der Waals surface area contributed by atoms with Crippen LogP contribution in [0.3, 0.4) is 0 Å². The van der Waals surface area contributed by atoms with E-state index in [-0.39, 0.29) is 18.4 Å². The predicted octanol–water partition coefficient (Wildman–Crippen LogP) is 4.91. The molecule has 0 aromatic heterocycles. The molecule has 39 heavy (non-hydrogen) atoms. The summed E-state index contributed by atoms with van der Waals surface area (Å²) in [6, 6.07) is 21.2. The van der Waals surface area contributed by atoms with Gasteiger partial charge in [0.25, 0.3) is 5.91 Å². The van der Waals surface area contributed by atoms with E-state index in [0.717, 1.165) is 28.8 Å². The molecular formula is C30H27F3N4O2. The third kappa shape index (κ3) is 6.92. The Kier molecular flexibility index (Phi) is 8.47. The van der Waals surface area contributed by atoms with E-state index in [0.29, 0.717) is 48.3 Å². The van der Waals surface area contributed by atoms with Crippen molar-refractivity contribution in [3.63, 3.8) is 0 Å². The van der Waals surface area contributed by atoms with Crippen LogP contribution in [0.15, 0.2) is 78.4 Å². The van der Waals surface area contributed by atoms with E-state index in [1.165, 1.54) is 12.1 Å². The van der Waals surface area contributed by atoms with Crippen molar-refractivity contribution >= 4 is 17.4 Å². The van der Waals surface area contributed by atoms with Crippen LogP contribution in [0.2, 0.25) is 0 Å². The Hall–Kier alpha value is -4.42. The van der Waals surface area contributed by atoms with Crippen LogP contribution in [-0.4, -0.2) is 36.9 Å². The fraction of sp³-hybridized carbons (Fsp3) is 0.233. The van der Waals surface area contributed by atoms with Gasteiger partial charge in [-0.1, -0.05) is 36.4 Å². The smallest absolute Gasteiger partial charge is 0.355 e. The van der Waals surface area contributed by atoms with Crippen molar-refractivity contribution in [1.29, 1.82) is 5.26 Å². The molecule has 6 nitrogen and oxygen atoms in total. The zero-order chi connectivity index (χ0) is 28.0. The molecule has 2 N–H and O–H groups in total. The number of amides is 2. The van der Waals surface area contributed by atoms with E-state index in [4.69, 9.17) is 0 Å². The summed E-state index contributed by atoms with van der Waals surface area (Å²) >= 11 is 0. The van der Waals surface area contributed by atoms with E-state index in [2.05, 4.69) is 21.6 Å². The minimum absolute atomic E-state index is 0.0770. The maximum absolute atomic E-state index is 13.4. The summed E-state index contributed by atoms with van der Waals surface area (Å²) in [4.78, 5) is 27.5. The second kappa shape index (κ2) is 12.0. The standard InChI is InChI=1S/C30H27F3N4O2/c1-35-28(38)24-9-7-23(8-10-24)26-13-14-37(18-22-4-2-3-21(15-22)16-34)19-27(26)29(39)36-17-20-5-11-25(12-6-20)30(31,32)33/h2-12,15H,13-14,17-19H2,1H3,(H,35,38)(H,36,39). The first-order valence-electron chi connectivity index (χ1n) is 12.4. The van der Waals surface area contributed by atoms with Gasteiger partial charge in [0.05, 0.1) is 17.2 Å². The molecule has 0 saturated heterocycles. The van der Waals surface area contributed by atoms with E-state index in [1.807, 2.05) is 30.3 Å². The molecule has 0 aliphatic carbocycles. The highest BCUT2D eigenvalue weighted by Gasteiger charge is 2.30. The van der Waals surface area contributed by atoms with Gasteiger partial charge >= 0.3 is 6.18 Å². The molecule has 1 aliphatic rings. The third-order valence-electron chi connectivity index (χ3n) is 6.62. The van der Waals surface area contributed by atoms with Crippen molar-refractivity contribution < 1.29 is 22.8 Å². The minimum atomic E-state index is -4.42. The summed E-state index contributed by atoms with van der Waals surface area (Å²) in [5.41, 5.74) is 4.06. The largest absolute Gasteiger partial charge is 0.416 e. The maximum atomic E-state index is 13.4. The lowest BCUT2D eigenvalue weighted by Crippen LogP contribution is -2.37. The minimum Gasteiger partial charge on any atom is -0.355 e. The summed E-state index contributed by atoms with van der Waals surface area (Å²) in [5, 5.41) is 14.7. The molecule has 0 saturated carbocycles. The lowest BCUT2D eigenvalue weighted by atomic mass is 9.91. The van der Waals surface area contributed by atoms with E-state index < -0.39 is 11.7 Å². The van der Waals surface area contributed by atoms with Gasteiger partial charge in [-0.2, -0.15) is 18.4 Å². The zero-order valence-corrected chi connectivity index (χ0v) is 21.3. The quantitative estimate of drug-likeness (QED) is 0.453. The highest BCUT2D eigenvalue weighted by atomic mass is 19.4. The Balaban J connectivity index is 1.57. The fourth-order valence-corrected chi connectivity index (χ4v) is 4.55. The molecule has 200 valence electrons. The van der Waals surface area contributed by atoms with Gasteiger partial charge in [-0.15, -0.1) is 0 Å². The average Bonchev–Trinajstić information content (AvgIpc) is 2.95. The van der Waals surface area contributed by atoms with Crippen LogP contribution < -0.4 is 10.6 Å². The van der Waals surface area contributed by atoms with Crippen LogP contribution >= 0.6 is 0 Å². The van der Waals surface area contributed by atoms with Crippen LogP contribution in [0.1, 0.15) is 44.6 Å². The van der Waals surface area contributed by atoms with Gasteiger partial charge in [0.1, 0.15) is 0 Å². The first kappa shape index (κ1) is 27.6. The van der Waals surface area contributed by atoms with Crippen molar-refractivity contribution in [2.75, 3.05) is 20.1 Å². The molecule has 2 amide bonds. The van der Waals surface area contributed by atoms with Crippen LogP contribution in [0.25, 0.3) is 5.57 Å². The molecule has 3 aromatic carbocycles. The molecule has 0 atom stereocenters. The van der Waals surface area contributed by atoms with Crippen LogP contribution in [0.5, 0.6) is 0 Å². The average molecular weight is 533 g/mol. The molecule has 0 fully saturated rings. The lowest BCUT2D eigenvalue weighted by Gasteiger charge is -2.31. The molecular weight excluding hydrogens is 505 g/mol. The topological polar surface area (TPSA) is 85.2 Å². The molecule has 1 aliphatic heterocycles. The second-order valence-corrected chi connectivity index (χ2v) is 9.26. The van der Waals surface area contributed by atoms with Crippen LogP contribution in [0, 0.1) is 11.3 Å². The van der Waals surface area contributed by atoms with Gasteiger partial charge in [-0.05, 0) is 65.1 Å². The molecule has 9 heteroatoms. The highest BCUT2D eigenvalue weighted by Crippen LogP contribution is 2.30. The van der Waals surface area contributed by atoms with Crippen LogP contribution in [0.4, 0.5) is 13.2 Å². The zero-order valence-electron chi connectivity index (χ0n) is 21.3. The van der Waals surface area contributed by atoms with Crippen molar-refractivity contribution in [2.45, 2.75) is 25.7 Å². The normalized spacial score (nSPS) is 14.0. The molecule has 0 unspecified atom stereocenters. The van der Waals surface area contributed by atoms with E-state index in [9.17, 15) is 28.0 Å². The van der Waals surface area contributed by atoms with E-state index >= 15 is 0 Å². The molecule has 4 rings (SSSR count). The molecule has 1 heterocycles.